The first kappa shape index (κ1) is 3.30. The van der Waals surface area contributed by atoms with Crippen LogP contribution in [0.5, 0.6) is 0 Å². The molecular formula is C4H4+2. The van der Waals surface area contributed by atoms with Crippen LogP contribution in [0.2, 0.25) is 0 Å². The van der Waals surface area contributed by atoms with E-state index >= 15 is 0 Å². The fraction of sp³-hybridized carbons (Fsp3) is 0. The number of allylic oxidation sites excluding steroid dienone is 2. The molecule has 0 heterocycles. The minimum atomic E-state index is 1.28. The minimum Gasteiger partial charge on any atom is 0.153 e. The highest BCUT2D eigenvalue weighted by Crippen LogP contribution is 1.51. The van der Waals surface area contributed by atoms with Gasteiger partial charge in [0.25, 0.3) is 12.2 Å². The van der Waals surface area contributed by atoms with E-state index in [1.807, 2.05) is 0 Å². The van der Waals surface area contributed by atoms with Gasteiger partial charge in [-0.2, -0.15) is 0 Å². The molecule has 0 heteroatoms. The molecule has 0 radical (unpaired) electrons. The average Bonchev–Trinajstić information content (AvgIpc) is 1.37. The lowest BCUT2D eigenvalue weighted by Crippen LogP contribution is -1.23. The lowest BCUT2D eigenvalue weighted by atomic mass is 10.6. The van der Waals surface area contributed by atoms with E-state index < -0.39 is 0 Å². The van der Waals surface area contributed by atoms with Crippen molar-refractivity contribution in [1.82, 2.24) is 0 Å². The van der Waals surface area contributed by atoms with Crippen LogP contribution in [-0.2, 0) is 0 Å². The predicted molar refractivity (Wildman–Crippen MR) is 17.7 cm³/mol. The molecule has 0 aliphatic heterocycles. The smallest absolute Gasteiger partial charge is 0.153 e. The van der Waals surface area contributed by atoms with E-state index in [1.165, 1.54) is 12.2 Å². The first-order valence-electron chi connectivity index (χ1n) is 1.00. The van der Waals surface area contributed by atoms with Crippen LogP contribution in [0.15, 0.2) is 12.2 Å². The van der Waals surface area contributed by atoms with Gasteiger partial charge in [0.05, 0.1) is 0 Å². The summed E-state index contributed by atoms with van der Waals surface area (Å²) in [5.74, 6) is 0. The fourth-order valence-electron chi connectivity index (χ4n) is 0. The van der Waals surface area contributed by atoms with Gasteiger partial charge in [-0.3, -0.25) is 0 Å². The molecule has 0 rings (SSSR count). The zero-order valence-corrected chi connectivity index (χ0v) is 2.31. The fourth-order valence-corrected chi connectivity index (χ4v) is 0. The Morgan fingerprint density at radius 3 is 1.25 bits per heavy atom. The van der Waals surface area contributed by atoms with Crippen molar-refractivity contribution in [3.8, 4) is 0 Å². The van der Waals surface area contributed by atoms with Crippen LogP contribution >= 0.6 is 0 Å². The summed E-state index contributed by atoms with van der Waals surface area (Å²) in [5, 5.41) is 0. The zero-order valence-electron chi connectivity index (χ0n) is 2.31. The third-order valence-electron chi connectivity index (χ3n) is 0.111. The summed E-state index contributed by atoms with van der Waals surface area (Å²) >= 11 is 0. The first-order valence-corrected chi connectivity index (χ1v) is 1.00. The molecule has 0 N–H and O–H groups in total. The molecule has 0 aromatic rings. The molecule has 0 aliphatic rings. The summed E-state index contributed by atoms with van der Waals surface area (Å²) in [4.78, 5) is 0. The minimum absolute atomic E-state index is 1.28. The number of hydrogen-bond acceptors (Lipinski definition) is 0. The van der Waals surface area contributed by atoms with E-state index in [9.17, 15) is 0 Å². The van der Waals surface area contributed by atoms with Crippen molar-refractivity contribution >= 4 is 0 Å². The highest BCUT2D eigenvalue weighted by Gasteiger charge is 1.63. The first-order chi connectivity index (χ1) is 1.91. The largest absolute Gasteiger partial charge is 0.287 e. The van der Waals surface area contributed by atoms with E-state index in [0.717, 1.165) is 0 Å². The molecule has 0 saturated heterocycles. The molecule has 4 heavy (non-hydrogen) atoms. The Hall–Kier alpha value is -0.700. The molecule has 0 aromatic heterocycles. The molecule has 0 spiro atoms. The molecule has 0 nitrogen and oxygen atoms in total. The summed E-state index contributed by atoms with van der Waals surface area (Å²) in [6.07, 6.45) is 2.56. The van der Waals surface area contributed by atoms with Gasteiger partial charge in [-0.15, -0.1) is 0 Å². The van der Waals surface area contributed by atoms with Crippen molar-refractivity contribution in [2.45, 2.75) is 0 Å². The van der Waals surface area contributed by atoms with Gasteiger partial charge >= 0.3 is 0 Å². The van der Waals surface area contributed by atoms with E-state index in [2.05, 4.69) is 0 Å². The van der Waals surface area contributed by atoms with E-state index in [0.29, 0.717) is 0 Å². The molecule has 0 amide bonds. The number of rotatable bonds is 1. The van der Waals surface area contributed by atoms with Crippen LogP contribution in [0.3, 0.4) is 0 Å². The van der Waals surface area contributed by atoms with Crippen LogP contribution < -0.4 is 0 Å². The van der Waals surface area contributed by atoms with Gasteiger partial charge in [0.15, 0.2) is 13.2 Å². The van der Waals surface area contributed by atoms with Crippen LogP contribution in [0.25, 0.3) is 0 Å². The Bertz CT molecular complexity index is 21.0. The highest BCUT2D eigenvalue weighted by atomic mass is 13.4. The lowest BCUT2D eigenvalue weighted by molar-refractivity contribution is 2.08. The SMILES string of the molecule is [CH+]=CC=[CH+]. The van der Waals surface area contributed by atoms with Gasteiger partial charge in [-0.05, 0) is 0 Å². The van der Waals surface area contributed by atoms with Crippen molar-refractivity contribution in [1.29, 1.82) is 0 Å². The summed E-state index contributed by atoms with van der Waals surface area (Å²) in [7, 11) is 0. The van der Waals surface area contributed by atoms with Gasteiger partial charge in [0.2, 0.25) is 0 Å². The van der Waals surface area contributed by atoms with Crippen molar-refractivity contribution in [3.05, 3.63) is 25.3 Å². The normalized spacial score (nSPS) is 4.50. The summed E-state index contributed by atoms with van der Waals surface area (Å²) in [5.41, 5.74) is 0. The van der Waals surface area contributed by atoms with Gasteiger partial charge in [-0.1, -0.05) is 0 Å². The Labute approximate surface area is 26.5 Å². The maximum absolute atomic E-state index is 4.72. The molecule has 0 unspecified atom stereocenters. The summed E-state index contributed by atoms with van der Waals surface area (Å²) < 4.78 is 0. The highest BCUT2D eigenvalue weighted by molar-refractivity contribution is 4.83. The van der Waals surface area contributed by atoms with Crippen LogP contribution in [0.4, 0.5) is 0 Å². The molecule has 0 bridgehead atoms. The van der Waals surface area contributed by atoms with Crippen LogP contribution in [0.1, 0.15) is 0 Å². The lowest BCUT2D eigenvalue weighted by Gasteiger charge is -1.11. The molecule has 0 saturated carbocycles. The average molecular weight is 52.1 g/mol. The van der Waals surface area contributed by atoms with Crippen LogP contribution in [0, 0.1) is 13.2 Å². The van der Waals surface area contributed by atoms with Crippen molar-refractivity contribution < 1.29 is 0 Å². The summed E-state index contributed by atoms with van der Waals surface area (Å²) in [6, 6.07) is 0. The van der Waals surface area contributed by atoms with E-state index in [4.69, 9.17) is 13.2 Å². The standard InChI is InChI=1S/C4H4/c1-3-4-2/h1-4H/q+2. The second-order valence-electron chi connectivity index (χ2n) is 0.385. The molecular weight excluding hydrogens is 48.0 g/mol. The third kappa shape index (κ3) is 1.30. The second-order valence-corrected chi connectivity index (χ2v) is 0.385. The zero-order chi connectivity index (χ0) is 3.41. The van der Waals surface area contributed by atoms with Crippen LogP contribution in [-0.4, -0.2) is 0 Å². The Balaban J connectivity index is 2.73. The Morgan fingerprint density at radius 2 is 1.25 bits per heavy atom. The van der Waals surface area contributed by atoms with Crippen molar-refractivity contribution in [2.75, 3.05) is 0 Å². The van der Waals surface area contributed by atoms with Crippen molar-refractivity contribution in [3.63, 3.8) is 0 Å². The van der Waals surface area contributed by atoms with Gasteiger partial charge < -0.3 is 0 Å². The molecule has 0 aromatic carbocycles. The van der Waals surface area contributed by atoms with E-state index in [-0.39, 0.29) is 0 Å². The Morgan fingerprint density at radius 1 is 1.00 bits per heavy atom. The van der Waals surface area contributed by atoms with E-state index in [1.54, 1.807) is 0 Å². The number of hydrogen-bond donors (Lipinski definition) is 0. The maximum atomic E-state index is 4.72. The predicted octanol–water partition coefficient (Wildman–Crippen LogP) is 0.965. The topological polar surface area (TPSA) is 0 Å². The molecule has 0 fully saturated rings. The third-order valence-corrected chi connectivity index (χ3v) is 0.111. The van der Waals surface area contributed by atoms with Gasteiger partial charge in [0, 0.05) is 0 Å². The summed E-state index contributed by atoms with van der Waals surface area (Å²) in [6.45, 7) is 9.44. The van der Waals surface area contributed by atoms with Crippen molar-refractivity contribution in [2.24, 2.45) is 0 Å². The molecule has 0 atom stereocenters. The maximum Gasteiger partial charge on any atom is 0.287 e. The monoisotopic (exact) mass is 52.0 g/mol. The molecule has 0 aliphatic carbocycles. The Kier molecular flexibility index (Phi) is 1.90. The second kappa shape index (κ2) is 2.30. The molecule has 18 valence electrons. The van der Waals surface area contributed by atoms with Gasteiger partial charge in [0.1, 0.15) is 0 Å². The quantitative estimate of drug-likeness (QED) is 0.308. The van der Waals surface area contributed by atoms with Gasteiger partial charge in [-0.25, -0.2) is 0 Å².